The van der Waals surface area contributed by atoms with E-state index in [2.05, 4.69) is 5.32 Å². The molecule has 1 aromatic rings. The first-order valence-corrected chi connectivity index (χ1v) is 8.44. The zero-order chi connectivity index (χ0) is 16.1. The lowest BCUT2D eigenvalue weighted by Crippen LogP contribution is -2.55. The summed E-state index contributed by atoms with van der Waals surface area (Å²) in [7, 11) is 0. The highest BCUT2D eigenvalue weighted by atomic mass is 16.6. The fraction of sp³-hybridized carbons (Fsp3) is 0.556. The first kappa shape index (κ1) is 15.8. The van der Waals surface area contributed by atoms with Crippen LogP contribution in [0.2, 0.25) is 0 Å². The molecule has 2 amide bonds. The molecule has 0 aliphatic carbocycles. The highest BCUT2D eigenvalue weighted by Gasteiger charge is 2.38. The third-order valence-corrected chi connectivity index (χ3v) is 4.90. The Hall–Kier alpha value is -2.04. The molecule has 0 aromatic heterocycles. The highest BCUT2D eigenvalue weighted by molar-refractivity contribution is 5.77. The number of rotatable bonds is 2. The number of piperidine rings is 1. The van der Waals surface area contributed by atoms with Crippen molar-refractivity contribution in [3.63, 3.8) is 0 Å². The molecule has 2 saturated heterocycles. The Labute approximate surface area is 137 Å². The minimum absolute atomic E-state index is 0.107. The summed E-state index contributed by atoms with van der Waals surface area (Å²) in [4.78, 5) is 25.8. The lowest BCUT2D eigenvalue weighted by Gasteiger charge is -2.41. The number of hydrogen-bond donors (Lipinski definition) is 1. The third kappa shape index (κ3) is 4.03. The van der Waals surface area contributed by atoms with Crippen LogP contribution in [0.1, 0.15) is 44.1 Å². The minimum Gasteiger partial charge on any atom is -0.445 e. The van der Waals surface area contributed by atoms with Gasteiger partial charge in [-0.25, -0.2) is 4.79 Å². The van der Waals surface area contributed by atoms with E-state index in [1.54, 1.807) is 4.90 Å². The van der Waals surface area contributed by atoms with Crippen LogP contribution in [0.5, 0.6) is 0 Å². The van der Waals surface area contributed by atoms with Gasteiger partial charge in [0.25, 0.3) is 0 Å². The van der Waals surface area contributed by atoms with E-state index in [4.69, 9.17) is 4.74 Å². The second-order valence-electron chi connectivity index (χ2n) is 6.56. The van der Waals surface area contributed by atoms with Gasteiger partial charge in [0.1, 0.15) is 6.61 Å². The number of hydrogen-bond acceptors (Lipinski definition) is 3. The molecule has 124 valence electrons. The van der Waals surface area contributed by atoms with E-state index < -0.39 is 0 Å². The lowest BCUT2D eigenvalue weighted by atomic mass is 9.83. The van der Waals surface area contributed by atoms with Crippen LogP contribution in [-0.4, -0.2) is 35.5 Å². The van der Waals surface area contributed by atoms with Gasteiger partial charge in [-0.1, -0.05) is 36.8 Å². The third-order valence-electron chi connectivity index (χ3n) is 4.90. The Balaban J connectivity index is 1.50. The Bertz CT molecular complexity index is 551. The van der Waals surface area contributed by atoms with Crippen LogP contribution in [-0.2, 0) is 16.1 Å². The first-order chi connectivity index (χ1) is 11.2. The normalized spacial score (nSPS) is 20.7. The van der Waals surface area contributed by atoms with Crippen LogP contribution in [0, 0.1) is 0 Å². The van der Waals surface area contributed by atoms with Crippen molar-refractivity contribution >= 4 is 12.0 Å². The maximum Gasteiger partial charge on any atom is 0.410 e. The average molecular weight is 316 g/mol. The molecule has 5 heteroatoms. The molecule has 1 N–H and O–H groups in total. The van der Waals surface area contributed by atoms with Crippen molar-refractivity contribution in [2.45, 2.75) is 50.7 Å². The monoisotopic (exact) mass is 316 g/mol. The molecule has 2 aliphatic heterocycles. The highest BCUT2D eigenvalue weighted by Crippen LogP contribution is 2.30. The maximum absolute atomic E-state index is 12.2. The Morgan fingerprint density at radius 2 is 1.87 bits per heavy atom. The van der Waals surface area contributed by atoms with Crippen molar-refractivity contribution in [3.05, 3.63) is 35.9 Å². The van der Waals surface area contributed by atoms with Crippen LogP contribution < -0.4 is 5.32 Å². The SMILES string of the molecule is O=C1CCCCC2(CCN(C(=O)OCc3ccccc3)CC2)N1. The number of likely N-dealkylation sites (tertiary alicyclic amines) is 1. The van der Waals surface area contributed by atoms with Crippen molar-refractivity contribution < 1.29 is 14.3 Å². The summed E-state index contributed by atoms with van der Waals surface area (Å²) in [5, 5.41) is 3.19. The fourth-order valence-electron chi connectivity index (χ4n) is 3.47. The molecule has 0 unspecified atom stereocenters. The second-order valence-corrected chi connectivity index (χ2v) is 6.56. The van der Waals surface area contributed by atoms with Gasteiger partial charge in [-0.2, -0.15) is 0 Å². The molecule has 3 rings (SSSR count). The van der Waals surface area contributed by atoms with Gasteiger partial charge in [0.05, 0.1) is 0 Å². The van der Waals surface area contributed by atoms with E-state index >= 15 is 0 Å². The van der Waals surface area contributed by atoms with Crippen LogP contribution in [0.4, 0.5) is 4.79 Å². The van der Waals surface area contributed by atoms with Crippen molar-refractivity contribution in [1.29, 1.82) is 0 Å². The molecule has 0 atom stereocenters. The summed E-state index contributed by atoms with van der Waals surface area (Å²) in [5.41, 5.74) is 0.884. The number of nitrogens with one attached hydrogen (secondary N) is 1. The summed E-state index contributed by atoms with van der Waals surface area (Å²) < 4.78 is 5.39. The molecule has 0 bridgehead atoms. The predicted molar refractivity (Wildman–Crippen MR) is 86.8 cm³/mol. The Morgan fingerprint density at radius 1 is 1.13 bits per heavy atom. The molecule has 1 spiro atoms. The van der Waals surface area contributed by atoms with Gasteiger partial charge in [-0.15, -0.1) is 0 Å². The zero-order valence-corrected chi connectivity index (χ0v) is 13.4. The summed E-state index contributed by atoms with van der Waals surface area (Å²) in [5.74, 6) is 0.155. The summed E-state index contributed by atoms with van der Waals surface area (Å²) >= 11 is 0. The van der Waals surface area contributed by atoms with Gasteiger partial charge >= 0.3 is 6.09 Å². The van der Waals surface area contributed by atoms with Crippen molar-refractivity contribution in [2.24, 2.45) is 0 Å². The van der Waals surface area contributed by atoms with E-state index in [-0.39, 0.29) is 17.5 Å². The summed E-state index contributed by atoms with van der Waals surface area (Å²) in [6.45, 7) is 1.60. The molecule has 2 aliphatic rings. The minimum atomic E-state index is -0.261. The quantitative estimate of drug-likeness (QED) is 0.913. The molecule has 2 fully saturated rings. The second kappa shape index (κ2) is 7.02. The smallest absolute Gasteiger partial charge is 0.410 e. The number of nitrogens with zero attached hydrogens (tertiary/aromatic N) is 1. The molecule has 1 aromatic carbocycles. The number of amides is 2. The standard InChI is InChI=1S/C18H24N2O3/c21-16-8-4-5-9-18(19-16)10-12-20(13-11-18)17(22)23-14-15-6-2-1-3-7-15/h1-3,6-7H,4-5,8-14H2,(H,19,21). The van der Waals surface area contributed by atoms with Gasteiger partial charge in [-0.05, 0) is 31.2 Å². The van der Waals surface area contributed by atoms with Gasteiger partial charge in [0.2, 0.25) is 5.91 Å². The topological polar surface area (TPSA) is 58.6 Å². The van der Waals surface area contributed by atoms with Gasteiger partial charge in [-0.3, -0.25) is 4.79 Å². The van der Waals surface area contributed by atoms with Gasteiger partial charge in [0.15, 0.2) is 0 Å². The largest absolute Gasteiger partial charge is 0.445 e. The van der Waals surface area contributed by atoms with E-state index in [0.29, 0.717) is 26.1 Å². The number of carbonyl (C=O) groups excluding carboxylic acids is 2. The van der Waals surface area contributed by atoms with E-state index in [1.807, 2.05) is 30.3 Å². The zero-order valence-electron chi connectivity index (χ0n) is 13.4. The molecular formula is C18H24N2O3. The van der Waals surface area contributed by atoms with Crippen LogP contribution >= 0.6 is 0 Å². The molecule has 0 saturated carbocycles. The molecule has 23 heavy (non-hydrogen) atoms. The fourth-order valence-corrected chi connectivity index (χ4v) is 3.47. The van der Waals surface area contributed by atoms with E-state index in [9.17, 15) is 9.59 Å². The Kier molecular flexibility index (Phi) is 4.84. The van der Waals surface area contributed by atoms with E-state index in [1.165, 1.54) is 0 Å². The first-order valence-electron chi connectivity index (χ1n) is 8.44. The Morgan fingerprint density at radius 3 is 2.61 bits per heavy atom. The molecule has 5 nitrogen and oxygen atoms in total. The van der Waals surface area contributed by atoms with Crippen LogP contribution in [0.25, 0.3) is 0 Å². The number of ether oxygens (including phenoxy) is 1. The maximum atomic E-state index is 12.2. The van der Waals surface area contributed by atoms with Crippen LogP contribution in [0.3, 0.4) is 0 Å². The van der Waals surface area contributed by atoms with Crippen molar-refractivity contribution in [3.8, 4) is 0 Å². The van der Waals surface area contributed by atoms with Crippen LogP contribution in [0.15, 0.2) is 30.3 Å². The summed E-state index contributed by atoms with van der Waals surface area (Å²) in [6.07, 6.45) is 5.07. The summed E-state index contributed by atoms with van der Waals surface area (Å²) in [6, 6.07) is 9.70. The number of carbonyl (C=O) groups is 2. The molecular weight excluding hydrogens is 292 g/mol. The van der Waals surface area contributed by atoms with Crippen molar-refractivity contribution in [2.75, 3.05) is 13.1 Å². The van der Waals surface area contributed by atoms with Gasteiger partial charge in [0, 0.05) is 25.0 Å². The number of benzene rings is 1. The predicted octanol–water partition coefficient (Wildman–Crippen LogP) is 2.85. The van der Waals surface area contributed by atoms with Gasteiger partial charge < -0.3 is 15.0 Å². The van der Waals surface area contributed by atoms with Crippen molar-refractivity contribution in [1.82, 2.24) is 10.2 Å². The van der Waals surface area contributed by atoms with E-state index in [0.717, 1.165) is 37.7 Å². The average Bonchev–Trinajstić information content (AvgIpc) is 2.75. The lowest BCUT2D eigenvalue weighted by molar-refractivity contribution is -0.123. The molecule has 0 radical (unpaired) electrons. The molecule has 2 heterocycles.